The number of nitrogen functional groups attached to an aromatic ring is 1. The van der Waals surface area contributed by atoms with Crippen LogP contribution < -0.4 is 5.73 Å². The third kappa shape index (κ3) is 2.86. The van der Waals surface area contributed by atoms with Gasteiger partial charge in [-0.05, 0) is 18.1 Å². The van der Waals surface area contributed by atoms with Gasteiger partial charge in [-0.3, -0.25) is 4.79 Å². The standard InChI is InChI=1S/C17H17NO3/c1-2-7-13-14(10-6-11-15(13)18)16(19)17(20,21)12-8-4-3-5-9-12/h2-6,8-11,20-21H,1,7,18H2. The van der Waals surface area contributed by atoms with E-state index in [0.29, 0.717) is 17.7 Å². The van der Waals surface area contributed by atoms with Crippen LogP contribution in [0.3, 0.4) is 0 Å². The molecule has 0 aromatic heterocycles. The van der Waals surface area contributed by atoms with Crippen molar-refractivity contribution in [1.29, 1.82) is 0 Å². The maximum absolute atomic E-state index is 12.5. The number of anilines is 1. The Hall–Kier alpha value is -2.43. The SMILES string of the molecule is C=CCc1c(N)cccc1C(=O)C(O)(O)c1ccccc1. The van der Waals surface area contributed by atoms with E-state index in [0.717, 1.165) is 0 Å². The minimum Gasteiger partial charge on any atom is -0.398 e. The summed E-state index contributed by atoms with van der Waals surface area (Å²) >= 11 is 0. The predicted octanol–water partition coefficient (Wildman–Crippen LogP) is 2.02. The molecule has 0 aliphatic heterocycles. The number of hydrogen-bond donors (Lipinski definition) is 3. The molecule has 2 aromatic carbocycles. The Morgan fingerprint density at radius 2 is 1.81 bits per heavy atom. The van der Waals surface area contributed by atoms with Crippen molar-refractivity contribution in [3.05, 3.63) is 77.9 Å². The van der Waals surface area contributed by atoms with E-state index in [1.54, 1.807) is 36.4 Å². The van der Waals surface area contributed by atoms with Crippen molar-refractivity contribution in [2.75, 3.05) is 5.73 Å². The summed E-state index contributed by atoms with van der Waals surface area (Å²) in [5, 5.41) is 20.5. The van der Waals surface area contributed by atoms with E-state index in [1.165, 1.54) is 18.2 Å². The number of nitrogens with two attached hydrogens (primary N) is 1. The van der Waals surface area contributed by atoms with Gasteiger partial charge in [0.05, 0.1) is 0 Å². The first-order valence-corrected chi connectivity index (χ1v) is 6.51. The molecule has 0 aliphatic carbocycles. The van der Waals surface area contributed by atoms with Gasteiger partial charge in [-0.15, -0.1) is 6.58 Å². The number of ketones is 1. The van der Waals surface area contributed by atoms with E-state index in [4.69, 9.17) is 5.73 Å². The highest BCUT2D eigenvalue weighted by molar-refractivity contribution is 6.03. The molecule has 21 heavy (non-hydrogen) atoms. The lowest BCUT2D eigenvalue weighted by molar-refractivity contribution is -0.128. The fourth-order valence-electron chi connectivity index (χ4n) is 2.18. The number of hydrogen-bond acceptors (Lipinski definition) is 4. The molecule has 108 valence electrons. The number of benzene rings is 2. The van der Waals surface area contributed by atoms with Gasteiger partial charge in [-0.25, -0.2) is 0 Å². The highest BCUT2D eigenvalue weighted by Crippen LogP contribution is 2.27. The van der Waals surface area contributed by atoms with Crippen molar-refractivity contribution in [3.63, 3.8) is 0 Å². The van der Waals surface area contributed by atoms with Crippen LogP contribution in [-0.2, 0) is 12.2 Å². The molecular formula is C17H17NO3. The van der Waals surface area contributed by atoms with Gasteiger partial charge in [0.25, 0.3) is 5.79 Å². The molecule has 0 unspecified atom stereocenters. The molecule has 4 nitrogen and oxygen atoms in total. The van der Waals surface area contributed by atoms with Crippen molar-refractivity contribution < 1.29 is 15.0 Å². The Labute approximate surface area is 123 Å². The molecule has 4 N–H and O–H groups in total. The first-order valence-electron chi connectivity index (χ1n) is 6.51. The molecule has 4 heteroatoms. The maximum atomic E-state index is 12.5. The van der Waals surface area contributed by atoms with Gasteiger partial charge in [0.1, 0.15) is 0 Å². The first kappa shape index (κ1) is 15.0. The van der Waals surface area contributed by atoms with Crippen molar-refractivity contribution in [1.82, 2.24) is 0 Å². The molecule has 0 spiro atoms. The number of carbonyl (C=O) groups is 1. The molecule has 0 bridgehead atoms. The topological polar surface area (TPSA) is 83.6 Å². The fourth-order valence-corrected chi connectivity index (χ4v) is 2.18. The Bertz CT molecular complexity index is 663. The minimum absolute atomic E-state index is 0.113. The number of rotatable bonds is 5. The van der Waals surface area contributed by atoms with Crippen LogP contribution in [0.1, 0.15) is 21.5 Å². The van der Waals surface area contributed by atoms with Gasteiger partial charge in [-0.1, -0.05) is 48.5 Å². The van der Waals surface area contributed by atoms with E-state index < -0.39 is 11.6 Å². The van der Waals surface area contributed by atoms with Gasteiger partial charge < -0.3 is 15.9 Å². The molecule has 0 atom stereocenters. The lowest BCUT2D eigenvalue weighted by Crippen LogP contribution is -2.36. The molecule has 0 heterocycles. The summed E-state index contributed by atoms with van der Waals surface area (Å²) in [6.07, 6.45) is 1.99. The van der Waals surface area contributed by atoms with Crippen LogP contribution in [0.4, 0.5) is 5.69 Å². The van der Waals surface area contributed by atoms with E-state index in [9.17, 15) is 15.0 Å². The Kier molecular flexibility index (Phi) is 4.21. The second-order valence-electron chi connectivity index (χ2n) is 4.73. The van der Waals surface area contributed by atoms with Crippen molar-refractivity contribution in [2.24, 2.45) is 0 Å². The van der Waals surface area contributed by atoms with Gasteiger partial charge in [0.2, 0.25) is 5.78 Å². The maximum Gasteiger partial charge on any atom is 0.256 e. The summed E-state index contributed by atoms with van der Waals surface area (Å²) in [6, 6.07) is 12.8. The molecule has 0 amide bonds. The Balaban J connectivity index is 2.49. The third-order valence-corrected chi connectivity index (χ3v) is 3.30. The largest absolute Gasteiger partial charge is 0.398 e. The van der Waals surface area contributed by atoms with E-state index in [1.807, 2.05) is 0 Å². The summed E-state index contributed by atoms with van der Waals surface area (Å²) in [4.78, 5) is 12.5. The number of allylic oxidation sites excluding steroid dienone is 1. The monoisotopic (exact) mass is 283 g/mol. The molecule has 0 saturated heterocycles. The van der Waals surface area contributed by atoms with Crippen LogP contribution in [-0.4, -0.2) is 16.0 Å². The van der Waals surface area contributed by atoms with Crippen molar-refractivity contribution >= 4 is 11.5 Å². The lowest BCUT2D eigenvalue weighted by Gasteiger charge is -2.22. The van der Waals surface area contributed by atoms with Crippen LogP contribution in [0.25, 0.3) is 0 Å². The van der Waals surface area contributed by atoms with Crippen LogP contribution in [0.15, 0.2) is 61.2 Å². The molecular weight excluding hydrogens is 266 g/mol. The third-order valence-electron chi connectivity index (χ3n) is 3.30. The van der Waals surface area contributed by atoms with Crippen LogP contribution in [0.2, 0.25) is 0 Å². The lowest BCUT2D eigenvalue weighted by atomic mass is 9.91. The molecule has 0 fully saturated rings. The smallest absolute Gasteiger partial charge is 0.256 e. The first-order chi connectivity index (χ1) is 9.98. The predicted molar refractivity (Wildman–Crippen MR) is 81.6 cm³/mol. The Morgan fingerprint density at radius 3 is 2.43 bits per heavy atom. The summed E-state index contributed by atoms with van der Waals surface area (Å²) in [5.74, 6) is -3.40. The zero-order chi connectivity index (χ0) is 15.5. The van der Waals surface area contributed by atoms with Gasteiger partial charge in [0.15, 0.2) is 0 Å². The zero-order valence-electron chi connectivity index (χ0n) is 11.5. The summed E-state index contributed by atoms with van der Waals surface area (Å²) < 4.78 is 0. The average Bonchev–Trinajstić information content (AvgIpc) is 2.49. The number of aliphatic hydroxyl groups is 2. The average molecular weight is 283 g/mol. The highest BCUT2D eigenvalue weighted by atomic mass is 16.5. The zero-order valence-corrected chi connectivity index (χ0v) is 11.5. The molecule has 0 saturated carbocycles. The summed E-state index contributed by atoms with van der Waals surface area (Å²) in [7, 11) is 0. The van der Waals surface area contributed by atoms with E-state index in [-0.39, 0.29) is 11.1 Å². The molecule has 0 aliphatic rings. The van der Waals surface area contributed by atoms with Crippen LogP contribution >= 0.6 is 0 Å². The van der Waals surface area contributed by atoms with Gasteiger partial charge >= 0.3 is 0 Å². The van der Waals surface area contributed by atoms with Gasteiger partial charge in [-0.2, -0.15) is 0 Å². The minimum atomic E-state index is -2.59. The van der Waals surface area contributed by atoms with Crippen molar-refractivity contribution in [2.45, 2.75) is 12.2 Å². The van der Waals surface area contributed by atoms with Crippen LogP contribution in [0.5, 0.6) is 0 Å². The quantitative estimate of drug-likeness (QED) is 0.339. The van der Waals surface area contributed by atoms with E-state index in [2.05, 4.69) is 6.58 Å². The molecule has 2 rings (SSSR count). The normalized spacial score (nSPS) is 11.1. The van der Waals surface area contributed by atoms with Crippen LogP contribution in [0, 0.1) is 0 Å². The Morgan fingerprint density at radius 1 is 1.14 bits per heavy atom. The summed E-state index contributed by atoms with van der Waals surface area (Å²) in [5.41, 5.74) is 7.12. The number of Topliss-reactive ketones (excluding diaryl/α,β-unsaturated/α-hetero) is 1. The second kappa shape index (κ2) is 5.91. The number of carbonyl (C=O) groups excluding carboxylic acids is 1. The molecule has 2 aromatic rings. The highest BCUT2D eigenvalue weighted by Gasteiger charge is 2.37. The molecule has 0 radical (unpaired) electrons. The van der Waals surface area contributed by atoms with Crippen molar-refractivity contribution in [3.8, 4) is 0 Å². The van der Waals surface area contributed by atoms with Gasteiger partial charge in [0, 0.05) is 16.8 Å². The summed E-state index contributed by atoms with van der Waals surface area (Å²) in [6.45, 7) is 3.63. The fraction of sp³-hybridized carbons (Fsp3) is 0.118. The van der Waals surface area contributed by atoms with E-state index >= 15 is 0 Å². The second-order valence-corrected chi connectivity index (χ2v) is 4.73.